The molecule has 1 aromatic carbocycles. The first-order valence-electron chi connectivity index (χ1n) is 8.74. The van der Waals surface area contributed by atoms with Gasteiger partial charge in [0, 0.05) is 24.8 Å². The van der Waals surface area contributed by atoms with Gasteiger partial charge < -0.3 is 5.32 Å². The van der Waals surface area contributed by atoms with Crippen molar-refractivity contribution in [1.29, 1.82) is 0 Å². The number of hydrogen-bond acceptors (Lipinski definition) is 4. The van der Waals surface area contributed by atoms with Crippen LogP contribution < -0.4 is 5.32 Å². The molecule has 4 rings (SSSR count). The minimum Gasteiger partial charge on any atom is -0.349 e. The lowest BCUT2D eigenvalue weighted by atomic mass is 10.0. The van der Waals surface area contributed by atoms with E-state index in [-0.39, 0.29) is 12.5 Å². The van der Waals surface area contributed by atoms with Crippen molar-refractivity contribution in [3.05, 3.63) is 66.2 Å². The van der Waals surface area contributed by atoms with Crippen LogP contribution in [0.25, 0.3) is 22.2 Å². The van der Waals surface area contributed by atoms with Crippen LogP contribution >= 0.6 is 0 Å². The Bertz CT molecular complexity index is 1100. The fourth-order valence-corrected chi connectivity index (χ4v) is 3.19. The number of nitrogens with zero attached hydrogens (tertiary/aromatic N) is 5. The van der Waals surface area contributed by atoms with Gasteiger partial charge in [0.25, 0.3) is 0 Å². The van der Waals surface area contributed by atoms with Crippen molar-refractivity contribution < 1.29 is 4.79 Å². The van der Waals surface area contributed by atoms with Crippen molar-refractivity contribution in [2.45, 2.75) is 20.0 Å². The van der Waals surface area contributed by atoms with Crippen LogP contribution in [0.3, 0.4) is 0 Å². The summed E-state index contributed by atoms with van der Waals surface area (Å²) in [6.07, 6.45) is 3.61. The number of benzene rings is 1. The number of carbonyl (C=O) groups excluding carboxylic acids is 1. The zero-order valence-electron chi connectivity index (χ0n) is 15.3. The predicted octanol–water partition coefficient (Wildman–Crippen LogP) is 2.46. The Balaban J connectivity index is 1.58. The molecule has 0 saturated carbocycles. The van der Waals surface area contributed by atoms with Crippen molar-refractivity contribution in [2.24, 2.45) is 7.05 Å². The summed E-state index contributed by atoms with van der Waals surface area (Å²) in [5.41, 5.74) is 4.55. The van der Waals surface area contributed by atoms with Crippen molar-refractivity contribution in [1.82, 2.24) is 29.9 Å². The molecule has 0 aliphatic carbocycles. The van der Waals surface area contributed by atoms with Crippen LogP contribution in [0.4, 0.5) is 0 Å². The normalized spacial score (nSPS) is 11.0. The molecule has 0 spiro atoms. The van der Waals surface area contributed by atoms with Gasteiger partial charge in [0.05, 0.1) is 17.9 Å². The maximum atomic E-state index is 12.4. The van der Waals surface area contributed by atoms with Gasteiger partial charge >= 0.3 is 0 Å². The summed E-state index contributed by atoms with van der Waals surface area (Å²) >= 11 is 0. The molecule has 0 atom stereocenters. The fourth-order valence-electron chi connectivity index (χ4n) is 3.19. The van der Waals surface area contributed by atoms with Crippen LogP contribution in [-0.4, -0.2) is 30.5 Å². The zero-order chi connectivity index (χ0) is 18.8. The lowest BCUT2D eigenvalue weighted by molar-refractivity contribution is -0.121. The molecule has 0 unspecified atom stereocenters. The van der Waals surface area contributed by atoms with Crippen molar-refractivity contribution in [2.75, 3.05) is 0 Å². The second-order valence-corrected chi connectivity index (χ2v) is 6.42. The van der Waals surface area contributed by atoms with E-state index in [4.69, 9.17) is 0 Å². The number of amides is 1. The van der Waals surface area contributed by atoms with Crippen LogP contribution in [0, 0.1) is 6.92 Å². The van der Waals surface area contributed by atoms with E-state index in [0.717, 1.165) is 27.9 Å². The Morgan fingerprint density at radius 3 is 2.67 bits per heavy atom. The summed E-state index contributed by atoms with van der Waals surface area (Å²) in [5, 5.41) is 12.7. The van der Waals surface area contributed by atoms with Crippen molar-refractivity contribution >= 4 is 16.9 Å². The Morgan fingerprint density at radius 2 is 1.93 bits per heavy atom. The molecule has 136 valence electrons. The summed E-state index contributed by atoms with van der Waals surface area (Å²) in [5.74, 6) is -0.128. The predicted molar refractivity (Wildman–Crippen MR) is 103 cm³/mol. The largest absolute Gasteiger partial charge is 0.349 e. The average Bonchev–Trinajstić information content (AvgIpc) is 3.24. The molecule has 0 bridgehead atoms. The Hall–Kier alpha value is -3.48. The minimum absolute atomic E-state index is 0.114. The monoisotopic (exact) mass is 360 g/mol. The number of aromatic nitrogens is 5. The van der Waals surface area contributed by atoms with E-state index in [0.29, 0.717) is 12.2 Å². The highest BCUT2D eigenvalue weighted by atomic mass is 16.2. The highest BCUT2D eigenvalue weighted by molar-refractivity contribution is 5.95. The molecule has 0 saturated heterocycles. The van der Waals surface area contributed by atoms with Crippen molar-refractivity contribution in [3.63, 3.8) is 0 Å². The number of fused-ring (bicyclic) bond motifs is 1. The van der Waals surface area contributed by atoms with Crippen LogP contribution in [0.5, 0.6) is 0 Å². The van der Waals surface area contributed by atoms with Crippen LogP contribution in [0.1, 0.15) is 11.4 Å². The van der Waals surface area contributed by atoms with Crippen LogP contribution in [0.15, 0.2) is 54.9 Å². The maximum absolute atomic E-state index is 12.4. The first kappa shape index (κ1) is 17.0. The van der Waals surface area contributed by atoms with Crippen LogP contribution in [-0.2, 0) is 24.9 Å². The highest BCUT2D eigenvalue weighted by Gasteiger charge is 2.15. The molecule has 7 nitrogen and oxygen atoms in total. The van der Waals surface area contributed by atoms with E-state index < -0.39 is 0 Å². The number of pyridine rings is 1. The minimum atomic E-state index is -0.128. The molecule has 7 heteroatoms. The third-order valence-corrected chi connectivity index (χ3v) is 4.42. The molecule has 3 aromatic heterocycles. The number of carbonyl (C=O) groups is 1. The fraction of sp³-hybridized carbons (Fsp3) is 0.200. The van der Waals surface area contributed by atoms with E-state index in [1.54, 1.807) is 15.6 Å². The van der Waals surface area contributed by atoms with Gasteiger partial charge in [-0.2, -0.15) is 10.2 Å². The van der Waals surface area contributed by atoms with Gasteiger partial charge in [-0.25, -0.2) is 9.67 Å². The lowest BCUT2D eigenvalue weighted by Crippen LogP contribution is -2.27. The number of hydrogen-bond donors (Lipinski definition) is 1. The SMILES string of the molecule is Cc1nn(CC(=O)NCc2ccn(C)n2)c2nccc(-c3ccccc3)c12. The Labute approximate surface area is 156 Å². The molecular weight excluding hydrogens is 340 g/mol. The first-order valence-corrected chi connectivity index (χ1v) is 8.74. The summed E-state index contributed by atoms with van der Waals surface area (Å²) in [6, 6.07) is 14.0. The van der Waals surface area contributed by atoms with Gasteiger partial charge in [-0.05, 0) is 30.2 Å². The summed E-state index contributed by atoms with van der Waals surface area (Å²) in [4.78, 5) is 16.8. The van der Waals surface area contributed by atoms with Gasteiger partial charge in [0.1, 0.15) is 6.54 Å². The van der Waals surface area contributed by atoms with Gasteiger partial charge in [0.2, 0.25) is 5.91 Å². The van der Waals surface area contributed by atoms with Gasteiger partial charge in [-0.15, -0.1) is 0 Å². The summed E-state index contributed by atoms with van der Waals surface area (Å²) in [7, 11) is 1.85. The zero-order valence-corrected chi connectivity index (χ0v) is 15.3. The molecule has 1 N–H and O–H groups in total. The van der Waals surface area contributed by atoms with Gasteiger partial charge in [-0.3, -0.25) is 9.48 Å². The molecule has 27 heavy (non-hydrogen) atoms. The molecule has 0 fully saturated rings. The average molecular weight is 360 g/mol. The second-order valence-electron chi connectivity index (χ2n) is 6.42. The van der Waals surface area contributed by atoms with E-state index in [9.17, 15) is 4.79 Å². The first-order chi connectivity index (χ1) is 13.1. The number of aryl methyl sites for hydroxylation is 2. The van der Waals surface area contributed by atoms with Crippen LogP contribution in [0.2, 0.25) is 0 Å². The smallest absolute Gasteiger partial charge is 0.242 e. The third kappa shape index (κ3) is 3.44. The molecule has 4 aromatic rings. The Kier molecular flexibility index (Phi) is 4.42. The topological polar surface area (TPSA) is 77.6 Å². The molecule has 1 amide bonds. The van der Waals surface area contributed by atoms with E-state index >= 15 is 0 Å². The van der Waals surface area contributed by atoms with Crippen molar-refractivity contribution in [3.8, 4) is 11.1 Å². The lowest BCUT2D eigenvalue weighted by Gasteiger charge is -2.06. The van der Waals surface area contributed by atoms with Gasteiger partial charge in [0.15, 0.2) is 5.65 Å². The molecule has 3 heterocycles. The molecule has 0 aliphatic rings. The number of rotatable bonds is 5. The summed E-state index contributed by atoms with van der Waals surface area (Å²) in [6.45, 7) is 2.45. The second kappa shape index (κ2) is 7.03. The molecule has 0 aliphatic heterocycles. The van der Waals surface area contributed by atoms with E-state index in [1.165, 1.54) is 0 Å². The molecule has 0 radical (unpaired) electrons. The summed E-state index contributed by atoms with van der Waals surface area (Å²) < 4.78 is 3.37. The van der Waals surface area contributed by atoms with E-state index in [1.807, 2.05) is 50.5 Å². The molecular formula is C20H20N6O. The Morgan fingerprint density at radius 1 is 1.11 bits per heavy atom. The van der Waals surface area contributed by atoms with E-state index in [2.05, 4.69) is 32.6 Å². The third-order valence-electron chi connectivity index (χ3n) is 4.42. The number of nitrogens with one attached hydrogen (secondary N) is 1. The highest BCUT2D eigenvalue weighted by Crippen LogP contribution is 2.29. The quantitative estimate of drug-likeness (QED) is 0.593. The maximum Gasteiger partial charge on any atom is 0.242 e. The van der Waals surface area contributed by atoms with Gasteiger partial charge in [-0.1, -0.05) is 30.3 Å². The standard InChI is InChI=1S/C20H20N6O/c1-14-19-17(15-6-4-3-5-7-15)8-10-21-20(19)26(23-14)13-18(27)22-12-16-9-11-25(2)24-16/h3-11H,12-13H2,1-2H3,(H,22,27).